The van der Waals surface area contributed by atoms with Crippen LogP contribution in [-0.4, -0.2) is 20.1 Å². The van der Waals surface area contributed by atoms with Crippen LogP contribution < -0.4 is 10.2 Å². The molecule has 0 aliphatic rings. The standard InChI is InChI=1S/C18H23FN2/c1-13-11-17(21(3)4)9-10-18(13)20-14(2)12-15-5-7-16(19)8-6-15/h5-11,14,20H,12H2,1-4H3. The Balaban J connectivity index is 2.02. The van der Waals surface area contributed by atoms with Crippen molar-refractivity contribution < 1.29 is 4.39 Å². The summed E-state index contributed by atoms with van der Waals surface area (Å²) in [6.45, 7) is 4.25. The number of halogens is 1. The number of rotatable bonds is 5. The Hall–Kier alpha value is -2.03. The van der Waals surface area contributed by atoms with E-state index in [2.05, 4.69) is 42.3 Å². The average Bonchev–Trinajstić information content (AvgIpc) is 2.43. The lowest BCUT2D eigenvalue weighted by atomic mass is 10.1. The van der Waals surface area contributed by atoms with Gasteiger partial charge in [0.15, 0.2) is 0 Å². The Morgan fingerprint density at radius 3 is 2.33 bits per heavy atom. The van der Waals surface area contributed by atoms with Gasteiger partial charge in [-0.25, -0.2) is 4.39 Å². The van der Waals surface area contributed by atoms with Gasteiger partial charge in [-0.05, 0) is 61.7 Å². The van der Waals surface area contributed by atoms with Crippen molar-refractivity contribution in [2.75, 3.05) is 24.3 Å². The second kappa shape index (κ2) is 6.61. The third kappa shape index (κ3) is 4.22. The summed E-state index contributed by atoms with van der Waals surface area (Å²) < 4.78 is 12.9. The van der Waals surface area contributed by atoms with Gasteiger partial charge < -0.3 is 10.2 Å². The fraction of sp³-hybridized carbons (Fsp3) is 0.333. The minimum Gasteiger partial charge on any atom is -0.382 e. The molecule has 0 amide bonds. The molecule has 3 heteroatoms. The van der Waals surface area contributed by atoms with E-state index in [1.165, 1.54) is 23.4 Å². The Labute approximate surface area is 126 Å². The van der Waals surface area contributed by atoms with E-state index in [9.17, 15) is 4.39 Å². The van der Waals surface area contributed by atoms with E-state index in [1.54, 1.807) is 0 Å². The maximum atomic E-state index is 12.9. The molecule has 2 nitrogen and oxygen atoms in total. The highest BCUT2D eigenvalue weighted by Crippen LogP contribution is 2.22. The predicted molar refractivity (Wildman–Crippen MR) is 88.7 cm³/mol. The fourth-order valence-corrected chi connectivity index (χ4v) is 2.38. The van der Waals surface area contributed by atoms with Gasteiger partial charge in [0.05, 0.1) is 0 Å². The van der Waals surface area contributed by atoms with Crippen LogP contribution in [0.15, 0.2) is 42.5 Å². The number of anilines is 2. The summed E-state index contributed by atoms with van der Waals surface area (Å²) in [4.78, 5) is 2.10. The number of nitrogens with one attached hydrogen (secondary N) is 1. The summed E-state index contributed by atoms with van der Waals surface area (Å²) in [5.74, 6) is -0.186. The molecule has 0 aromatic heterocycles. The highest BCUT2D eigenvalue weighted by molar-refractivity contribution is 5.60. The number of nitrogens with zero attached hydrogens (tertiary/aromatic N) is 1. The minimum atomic E-state index is -0.186. The van der Waals surface area contributed by atoms with Gasteiger partial charge in [-0.3, -0.25) is 0 Å². The van der Waals surface area contributed by atoms with Crippen LogP contribution in [0.1, 0.15) is 18.1 Å². The first-order chi connectivity index (χ1) is 9.95. The number of hydrogen-bond acceptors (Lipinski definition) is 2. The summed E-state index contributed by atoms with van der Waals surface area (Å²) in [6.07, 6.45) is 0.870. The molecule has 1 N–H and O–H groups in total. The molecule has 1 unspecified atom stereocenters. The third-order valence-corrected chi connectivity index (χ3v) is 3.58. The van der Waals surface area contributed by atoms with E-state index in [-0.39, 0.29) is 5.82 Å². The SMILES string of the molecule is Cc1cc(N(C)C)ccc1NC(C)Cc1ccc(F)cc1. The first-order valence-corrected chi connectivity index (χ1v) is 7.24. The molecular weight excluding hydrogens is 263 g/mol. The smallest absolute Gasteiger partial charge is 0.123 e. The largest absolute Gasteiger partial charge is 0.382 e. The van der Waals surface area contributed by atoms with Gasteiger partial charge in [-0.2, -0.15) is 0 Å². The lowest BCUT2D eigenvalue weighted by molar-refractivity contribution is 0.626. The van der Waals surface area contributed by atoms with Gasteiger partial charge in [0.1, 0.15) is 5.82 Å². The van der Waals surface area contributed by atoms with Crippen LogP contribution in [0, 0.1) is 12.7 Å². The summed E-state index contributed by atoms with van der Waals surface area (Å²) in [7, 11) is 4.08. The van der Waals surface area contributed by atoms with Crippen molar-refractivity contribution in [3.63, 3.8) is 0 Å². The molecule has 2 aromatic rings. The van der Waals surface area contributed by atoms with Crippen molar-refractivity contribution in [2.45, 2.75) is 26.3 Å². The first kappa shape index (κ1) is 15.4. The van der Waals surface area contributed by atoms with Crippen molar-refractivity contribution in [3.8, 4) is 0 Å². The van der Waals surface area contributed by atoms with Crippen molar-refractivity contribution in [1.29, 1.82) is 0 Å². The summed E-state index contributed by atoms with van der Waals surface area (Å²) >= 11 is 0. The van der Waals surface area contributed by atoms with Crippen molar-refractivity contribution in [1.82, 2.24) is 0 Å². The maximum absolute atomic E-state index is 12.9. The molecule has 0 bridgehead atoms. The molecule has 21 heavy (non-hydrogen) atoms. The lowest BCUT2D eigenvalue weighted by Gasteiger charge is -2.19. The molecule has 0 heterocycles. The quantitative estimate of drug-likeness (QED) is 0.884. The van der Waals surface area contributed by atoms with Crippen molar-refractivity contribution in [3.05, 3.63) is 59.4 Å². The zero-order valence-corrected chi connectivity index (χ0v) is 13.2. The number of aryl methyl sites for hydroxylation is 1. The molecule has 0 saturated heterocycles. The molecule has 0 spiro atoms. The van der Waals surface area contributed by atoms with Crippen molar-refractivity contribution in [2.24, 2.45) is 0 Å². The molecule has 0 aliphatic carbocycles. The normalized spacial score (nSPS) is 12.0. The lowest BCUT2D eigenvalue weighted by Crippen LogP contribution is -2.19. The Morgan fingerprint density at radius 2 is 1.76 bits per heavy atom. The summed E-state index contributed by atoms with van der Waals surface area (Å²) in [5.41, 5.74) is 4.71. The van der Waals surface area contributed by atoms with Crippen LogP contribution in [0.2, 0.25) is 0 Å². The van der Waals surface area contributed by atoms with Crippen molar-refractivity contribution >= 4 is 11.4 Å². The second-order valence-electron chi connectivity index (χ2n) is 5.77. The maximum Gasteiger partial charge on any atom is 0.123 e. The van der Waals surface area contributed by atoms with Gasteiger partial charge >= 0.3 is 0 Å². The zero-order valence-electron chi connectivity index (χ0n) is 13.2. The molecule has 0 radical (unpaired) electrons. The van der Waals surface area contributed by atoms with E-state index < -0.39 is 0 Å². The van der Waals surface area contributed by atoms with Crippen LogP contribution in [0.3, 0.4) is 0 Å². The van der Waals surface area contributed by atoms with Crippen LogP contribution in [0.25, 0.3) is 0 Å². The van der Waals surface area contributed by atoms with E-state index in [4.69, 9.17) is 0 Å². The number of benzene rings is 2. The van der Waals surface area contributed by atoms with E-state index >= 15 is 0 Å². The van der Waals surface area contributed by atoms with Crippen LogP contribution in [0.5, 0.6) is 0 Å². The number of hydrogen-bond donors (Lipinski definition) is 1. The molecule has 0 aliphatic heterocycles. The molecule has 2 rings (SSSR count). The topological polar surface area (TPSA) is 15.3 Å². The molecule has 2 aromatic carbocycles. The minimum absolute atomic E-state index is 0.186. The van der Waals surface area contributed by atoms with Gasteiger partial charge in [0.25, 0.3) is 0 Å². The zero-order chi connectivity index (χ0) is 15.4. The predicted octanol–water partition coefficient (Wildman–Crippen LogP) is 4.24. The molecule has 0 saturated carbocycles. The third-order valence-electron chi connectivity index (χ3n) is 3.58. The van der Waals surface area contributed by atoms with E-state index in [0.717, 1.165) is 17.7 Å². The fourth-order valence-electron chi connectivity index (χ4n) is 2.38. The van der Waals surface area contributed by atoms with Crippen LogP contribution in [-0.2, 0) is 6.42 Å². The second-order valence-corrected chi connectivity index (χ2v) is 5.77. The molecule has 0 fully saturated rings. The van der Waals surface area contributed by atoms with E-state index in [0.29, 0.717) is 6.04 Å². The van der Waals surface area contributed by atoms with Gasteiger partial charge in [0.2, 0.25) is 0 Å². The van der Waals surface area contributed by atoms with Gasteiger partial charge in [0, 0.05) is 31.5 Å². The highest BCUT2D eigenvalue weighted by Gasteiger charge is 2.07. The van der Waals surface area contributed by atoms with Crippen LogP contribution >= 0.6 is 0 Å². The summed E-state index contributed by atoms with van der Waals surface area (Å²) in [5, 5.41) is 3.53. The monoisotopic (exact) mass is 286 g/mol. The van der Waals surface area contributed by atoms with E-state index in [1.807, 2.05) is 26.2 Å². The van der Waals surface area contributed by atoms with Gasteiger partial charge in [-0.1, -0.05) is 12.1 Å². The Kier molecular flexibility index (Phi) is 4.84. The van der Waals surface area contributed by atoms with Crippen LogP contribution in [0.4, 0.5) is 15.8 Å². The van der Waals surface area contributed by atoms with Gasteiger partial charge in [-0.15, -0.1) is 0 Å². The molecule has 112 valence electrons. The summed E-state index contributed by atoms with van der Waals surface area (Å²) in [6, 6.07) is 13.4. The molecular formula is C18H23FN2. The Bertz CT molecular complexity index is 591. The molecule has 1 atom stereocenters. The highest BCUT2D eigenvalue weighted by atomic mass is 19.1. The average molecular weight is 286 g/mol. The Morgan fingerprint density at radius 1 is 1.10 bits per heavy atom. The first-order valence-electron chi connectivity index (χ1n) is 7.24.